The Morgan fingerprint density at radius 1 is 0.828 bits per heavy atom. The maximum Gasteiger partial charge on any atom is 0.339 e. The Morgan fingerprint density at radius 3 is 1.97 bits per heavy atom. The molecular weight excluding hydrogens is 366 g/mol. The number of esters is 1. The summed E-state index contributed by atoms with van der Waals surface area (Å²) in [5.41, 5.74) is 2.21. The van der Waals surface area contributed by atoms with Crippen LogP contribution in [0.15, 0.2) is 84.9 Å². The molecule has 0 aliphatic carbocycles. The van der Waals surface area contributed by atoms with Crippen molar-refractivity contribution in [2.24, 2.45) is 0 Å². The average Bonchev–Trinajstić information content (AvgIpc) is 2.78. The predicted molar refractivity (Wildman–Crippen MR) is 111 cm³/mol. The molecule has 0 bridgehead atoms. The number of methoxy groups -OCH3 is 1. The molecule has 0 fully saturated rings. The highest BCUT2D eigenvalue weighted by Gasteiger charge is 2.23. The van der Waals surface area contributed by atoms with Crippen LogP contribution in [0.3, 0.4) is 0 Å². The summed E-state index contributed by atoms with van der Waals surface area (Å²) < 4.78 is 10.5. The van der Waals surface area contributed by atoms with Crippen molar-refractivity contribution in [3.05, 3.63) is 102 Å². The number of nitrogens with one attached hydrogen (secondary N) is 1. The van der Waals surface area contributed by atoms with Crippen molar-refractivity contribution >= 4 is 11.9 Å². The van der Waals surface area contributed by atoms with Crippen molar-refractivity contribution in [2.45, 2.75) is 19.1 Å². The summed E-state index contributed by atoms with van der Waals surface area (Å²) in [6.07, 6.45) is -0.955. The van der Waals surface area contributed by atoms with E-state index < -0.39 is 12.1 Å². The summed E-state index contributed by atoms with van der Waals surface area (Å²) in [6.45, 7) is 1.56. The monoisotopic (exact) mass is 389 g/mol. The van der Waals surface area contributed by atoms with E-state index in [-0.39, 0.29) is 11.9 Å². The van der Waals surface area contributed by atoms with E-state index in [1.54, 1.807) is 31.2 Å². The molecule has 3 rings (SSSR count). The first-order valence-electron chi connectivity index (χ1n) is 9.34. The number of ether oxygens (including phenoxy) is 2. The molecule has 0 saturated heterocycles. The van der Waals surface area contributed by atoms with Gasteiger partial charge in [0.25, 0.3) is 5.91 Å². The Balaban J connectivity index is 1.73. The van der Waals surface area contributed by atoms with Gasteiger partial charge in [-0.05, 0) is 36.2 Å². The van der Waals surface area contributed by atoms with Crippen molar-refractivity contribution in [2.75, 3.05) is 7.11 Å². The summed E-state index contributed by atoms with van der Waals surface area (Å²) in [4.78, 5) is 25.2. The Labute approximate surface area is 170 Å². The van der Waals surface area contributed by atoms with Crippen LogP contribution in [-0.4, -0.2) is 25.1 Å². The number of carbonyl (C=O) groups excluding carboxylic acids is 2. The standard InChI is InChI=1S/C24H23NO4/c1-17(29-24(27)20-14-9-15-21(16-20)28-2)23(26)25-22(18-10-5-3-6-11-18)19-12-7-4-8-13-19/h3-17,22H,1-2H3,(H,25,26)/t17-/m1/s1. The second kappa shape index (κ2) is 9.55. The van der Waals surface area contributed by atoms with E-state index in [9.17, 15) is 9.59 Å². The summed E-state index contributed by atoms with van der Waals surface area (Å²) in [5.74, 6) is -0.411. The molecule has 1 atom stereocenters. The van der Waals surface area contributed by atoms with Gasteiger partial charge < -0.3 is 14.8 Å². The lowest BCUT2D eigenvalue weighted by Gasteiger charge is -2.22. The third-order valence-corrected chi connectivity index (χ3v) is 4.51. The van der Waals surface area contributed by atoms with E-state index in [1.165, 1.54) is 7.11 Å². The molecule has 5 heteroatoms. The molecule has 3 aromatic rings. The van der Waals surface area contributed by atoms with E-state index in [0.717, 1.165) is 11.1 Å². The van der Waals surface area contributed by atoms with Crippen LogP contribution in [-0.2, 0) is 9.53 Å². The van der Waals surface area contributed by atoms with Crippen LogP contribution >= 0.6 is 0 Å². The topological polar surface area (TPSA) is 64.6 Å². The molecule has 0 spiro atoms. The highest BCUT2D eigenvalue weighted by atomic mass is 16.5. The zero-order chi connectivity index (χ0) is 20.6. The number of rotatable bonds is 7. The number of hydrogen-bond acceptors (Lipinski definition) is 4. The third kappa shape index (κ3) is 5.23. The van der Waals surface area contributed by atoms with Gasteiger partial charge in [-0.25, -0.2) is 4.79 Å². The third-order valence-electron chi connectivity index (χ3n) is 4.51. The Bertz CT molecular complexity index is 917. The fourth-order valence-corrected chi connectivity index (χ4v) is 2.94. The zero-order valence-electron chi connectivity index (χ0n) is 16.4. The van der Waals surface area contributed by atoms with E-state index in [4.69, 9.17) is 9.47 Å². The lowest BCUT2D eigenvalue weighted by molar-refractivity contribution is -0.129. The zero-order valence-corrected chi connectivity index (χ0v) is 16.4. The van der Waals surface area contributed by atoms with Crippen molar-refractivity contribution in [1.82, 2.24) is 5.32 Å². The van der Waals surface area contributed by atoms with Gasteiger partial charge in [0, 0.05) is 0 Å². The number of benzene rings is 3. The minimum Gasteiger partial charge on any atom is -0.497 e. The molecular formula is C24H23NO4. The molecule has 148 valence electrons. The van der Waals surface area contributed by atoms with Crippen molar-refractivity contribution in [3.8, 4) is 5.75 Å². The van der Waals surface area contributed by atoms with Gasteiger partial charge in [0.1, 0.15) is 5.75 Å². The maximum atomic E-state index is 12.8. The fraction of sp³-hybridized carbons (Fsp3) is 0.167. The SMILES string of the molecule is COc1cccc(C(=O)O[C@H](C)C(=O)NC(c2ccccc2)c2ccccc2)c1. The first-order valence-corrected chi connectivity index (χ1v) is 9.34. The molecule has 0 aromatic heterocycles. The smallest absolute Gasteiger partial charge is 0.339 e. The Hall–Kier alpha value is -3.60. The molecule has 0 aliphatic heterocycles. The second-order valence-corrected chi connectivity index (χ2v) is 6.54. The van der Waals surface area contributed by atoms with Crippen LogP contribution in [0.5, 0.6) is 5.75 Å². The number of carbonyl (C=O) groups is 2. The van der Waals surface area contributed by atoms with Gasteiger partial charge in [0.05, 0.1) is 18.7 Å². The molecule has 29 heavy (non-hydrogen) atoms. The van der Waals surface area contributed by atoms with Crippen LogP contribution < -0.4 is 10.1 Å². The second-order valence-electron chi connectivity index (χ2n) is 6.54. The van der Waals surface area contributed by atoms with Crippen LogP contribution in [0.25, 0.3) is 0 Å². The van der Waals surface area contributed by atoms with Gasteiger partial charge in [-0.3, -0.25) is 4.79 Å². The lowest BCUT2D eigenvalue weighted by Crippen LogP contribution is -2.38. The minimum absolute atomic E-state index is 0.326. The van der Waals surface area contributed by atoms with Crippen molar-refractivity contribution in [3.63, 3.8) is 0 Å². The summed E-state index contributed by atoms with van der Waals surface area (Å²) >= 11 is 0. The Morgan fingerprint density at radius 2 is 1.41 bits per heavy atom. The molecule has 1 N–H and O–H groups in total. The highest BCUT2D eigenvalue weighted by Crippen LogP contribution is 2.22. The van der Waals surface area contributed by atoms with Crippen LogP contribution in [0.4, 0.5) is 0 Å². The van der Waals surface area contributed by atoms with Gasteiger partial charge in [0.15, 0.2) is 6.10 Å². The van der Waals surface area contributed by atoms with E-state index in [2.05, 4.69) is 5.32 Å². The van der Waals surface area contributed by atoms with Crippen molar-refractivity contribution < 1.29 is 19.1 Å². The number of hydrogen-bond donors (Lipinski definition) is 1. The maximum absolute atomic E-state index is 12.8. The van der Waals surface area contributed by atoms with Gasteiger partial charge in [-0.2, -0.15) is 0 Å². The van der Waals surface area contributed by atoms with Crippen LogP contribution in [0, 0.1) is 0 Å². The van der Waals surface area contributed by atoms with Gasteiger partial charge in [-0.1, -0.05) is 66.7 Å². The summed E-state index contributed by atoms with van der Waals surface area (Å²) in [7, 11) is 1.52. The summed E-state index contributed by atoms with van der Waals surface area (Å²) in [6, 6.07) is 25.6. The van der Waals surface area contributed by atoms with Crippen LogP contribution in [0.1, 0.15) is 34.5 Å². The molecule has 3 aromatic carbocycles. The molecule has 0 heterocycles. The van der Waals surface area contributed by atoms with Gasteiger partial charge in [0.2, 0.25) is 0 Å². The summed E-state index contributed by atoms with van der Waals surface area (Å²) in [5, 5.41) is 2.99. The molecule has 1 amide bonds. The first kappa shape index (κ1) is 20.1. The van der Waals surface area contributed by atoms with Gasteiger partial charge in [-0.15, -0.1) is 0 Å². The molecule has 0 aliphatic rings. The number of amides is 1. The Kier molecular flexibility index (Phi) is 6.63. The fourth-order valence-electron chi connectivity index (χ4n) is 2.94. The molecule has 0 radical (unpaired) electrons. The van der Waals surface area contributed by atoms with E-state index >= 15 is 0 Å². The van der Waals surface area contributed by atoms with Crippen LogP contribution in [0.2, 0.25) is 0 Å². The first-order chi connectivity index (χ1) is 14.1. The molecule has 0 saturated carbocycles. The van der Waals surface area contributed by atoms with Gasteiger partial charge >= 0.3 is 5.97 Å². The lowest BCUT2D eigenvalue weighted by atomic mass is 9.98. The van der Waals surface area contributed by atoms with Crippen molar-refractivity contribution in [1.29, 1.82) is 0 Å². The van der Waals surface area contributed by atoms with E-state index in [0.29, 0.717) is 11.3 Å². The predicted octanol–water partition coefficient (Wildman–Crippen LogP) is 4.15. The van der Waals surface area contributed by atoms with E-state index in [1.807, 2.05) is 60.7 Å². The molecule has 5 nitrogen and oxygen atoms in total. The largest absolute Gasteiger partial charge is 0.497 e. The highest BCUT2D eigenvalue weighted by molar-refractivity contribution is 5.92. The minimum atomic E-state index is -0.955. The molecule has 0 unspecified atom stereocenters. The average molecular weight is 389 g/mol. The normalized spacial score (nSPS) is 11.6. The quantitative estimate of drug-likeness (QED) is 0.617.